The van der Waals surface area contributed by atoms with Gasteiger partial charge in [0.2, 0.25) is 11.9 Å². The molecule has 2 aromatic carbocycles. The molecule has 0 unspecified atom stereocenters. The molecule has 0 saturated carbocycles. The topological polar surface area (TPSA) is 98.1 Å². The van der Waals surface area contributed by atoms with Crippen molar-refractivity contribution in [3.8, 4) is 5.69 Å². The van der Waals surface area contributed by atoms with Crippen LogP contribution in [0.25, 0.3) is 16.7 Å². The third kappa shape index (κ3) is 7.41. The van der Waals surface area contributed by atoms with Crippen molar-refractivity contribution in [2.24, 2.45) is 4.99 Å². The summed E-state index contributed by atoms with van der Waals surface area (Å²) in [6.45, 7) is 18.4. The highest BCUT2D eigenvalue weighted by molar-refractivity contribution is 6.74. The van der Waals surface area contributed by atoms with Gasteiger partial charge < -0.3 is 9.16 Å². The minimum atomic E-state index is -5.10. The Hall–Kier alpha value is -3.85. The van der Waals surface area contributed by atoms with Gasteiger partial charge in [0, 0.05) is 5.56 Å². The molecule has 1 aliphatic rings. The average molecular weight is 696 g/mol. The van der Waals surface area contributed by atoms with E-state index in [1.54, 1.807) is 20.8 Å². The lowest BCUT2D eigenvalue weighted by Gasteiger charge is -2.39. The van der Waals surface area contributed by atoms with Gasteiger partial charge in [-0.2, -0.15) is 13.2 Å². The van der Waals surface area contributed by atoms with Gasteiger partial charge in [0.05, 0.1) is 41.8 Å². The van der Waals surface area contributed by atoms with E-state index in [4.69, 9.17) is 9.16 Å². The van der Waals surface area contributed by atoms with Crippen molar-refractivity contribution in [3.63, 3.8) is 0 Å². The Morgan fingerprint density at radius 1 is 1.06 bits per heavy atom. The number of hydrogen-bond acceptors (Lipinski definition) is 6. The third-order valence-corrected chi connectivity index (χ3v) is 13.2. The number of aromatic nitrogens is 2. The molecule has 1 aliphatic heterocycles. The van der Waals surface area contributed by atoms with Crippen molar-refractivity contribution < 1.29 is 40.7 Å². The number of nitrogens with one attached hydrogen (secondary N) is 1. The summed E-state index contributed by atoms with van der Waals surface area (Å²) in [6, 6.07) is 5.75. The first kappa shape index (κ1) is 37.0. The van der Waals surface area contributed by atoms with E-state index >= 15 is 4.39 Å². The Kier molecular flexibility index (Phi) is 9.67. The number of ether oxygens (including phenoxy) is 1. The monoisotopic (exact) mass is 695 g/mol. The molecular weight excluding hydrogens is 653 g/mol. The van der Waals surface area contributed by atoms with Crippen LogP contribution < -0.4 is 5.32 Å². The van der Waals surface area contributed by atoms with Gasteiger partial charge in [-0.05, 0) is 71.0 Å². The third-order valence-electron chi connectivity index (χ3n) is 8.62. The first-order valence-electron chi connectivity index (χ1n) is 15.4. The number of aliphatic imine (C=N–C) groups is 1. The number of hydrogen-bond donors (Lipinski definition) is 1. The van der Waals surface area contributed by atoms with E-state index in [1.807, 2.05) is 0 Å². The van der Waals surface area contributed by atoms with Crippen molar-refractivity contribution in [2.75, 3.05) is 13.2 Å². The molecule has 1 aromatic heterocycles. The largest absolute Gasteiger partial charge is 0.444 e. The molecular formula is C33H42F5N5O4Si. The van der Waals surface area contributed by atoms with Crippen LogP contribution in [0.2, 0.25) is 18.1 Å². The van der Waals surface area contributed by atoms with Crippen LogP contribution in [0.1, 0.15) is 71.8 Å². The molecule has 0 spiro atoms. The zero-order valence-corrected chi connectivity index (χ0v) is 29.8. The van der Waals surface area contributed by atoms with E-state index in [0.717, 1.165) is 10.6 Å². The number of aryl methyl sites for hydroxylation is 1. The Morgan fingerprint density at radius 2 is 1.71 bits per heavy atom. The summed E-state index contributed by atoms with van der Waals surface area (Å²) in [7, 11) is -2.20. The van der Waals surface area contributed by atoms with Gasteiger partial charge in [0.25, 0.3) is 0 Å². The molecule has 4 rings (SSSR count). The Morgan fingerprint density at radius 3 is 2.29 bits per heavy atom. The predicted octanol–water partition coefficient (Wildman–Crippen LogP) is 7.98. The van der Waals surface area contributed by atoms with Crippen LogP contribution in [-0.4, -0.2) is 59.5 Å². The number of alkyl carbamates (subject to hydrolysis) is 1. The molecule has 15 heteroatoms. The second-order valence-corrected chi connectivity index (χ2v) is 19.4. The molecule has 2 heterocycles. The minimum absolute atomic E-state index is 0.0225. The lowest BCUT2D eigenvalue weighted by Crippen LogP contribution is -2.55. The van der Waals surface area contributed by atoms with Gasteiger partial charge in [0.15, 0.2) is 14.1 Å². The molecule has 48 heavy (non-hydrogen) atoms. The first-order chi connectivity index (χ1) is 21.9. The van der Waals surface area contributed by atoms with E-state index in [9.17, 15) is 27.2 Å². The molecule has 0 aliphatic carbocycles. The van der Waals surface area contributed by atoms with Crippen molar-refractivity contribution >= 4 is 37.3 Å². The maximum Gasteiger partial charge on any atom is 0.421 e. The van der Waals surface area contributed by atoms with Crippen LogP contribution >= 0.6 is 0 Å². The smallest absolute Gasteiger partial charge is 0.421 e. The van der Waals surface area contributed by atoms with Crippen molar-refractivity contribution in [1.82, 2.24) is 19.8 Å². The van der Waals surface area contributed by atoms with E-state index < -0.39 is 60.3 Å². The Bertz CT molecular complexity index is 1770. The molecule has 262 valence electrons. The molecule has 3 aromatic rings. The number of halogens is 5. The number of imidazole rings is 1. The lowest BCUT2D eigenvalue weighted by atomic mass is 9.86. The van der Waals surface area contributed by atoms with Crippen LogP contribution in [0.3, 0.4) is 0 Å². The van der Waals surface area contributed by atoms with E-state index in [2.05, 4.69) is 49.2 Å². The molecule has 0 radical (unpaired) electrons. The number of carbonyl (C=O) groups is 2. The number of nitrogens with zero attached hydrogens (tertiary/aromatic N) is 4. The SMILES string of the molecule is Cc1nc2ccc(F)c(C(F)(F)F)c2n1-c1cccc([C@]2(C)CC(=O)N(CCO[Si](C)(C)C(C)(C)C)C(NC(=O)OC(C)(C)C)=N2)c1F. The molecule has 1 atom stereocenters. The molecule has 1 N–H and O–H groups in total. The number of guanidine groups is 1. The quantitative estimate of drug-likeness (QED) is 0.208. The number of benzene rings is 2. The average Bonchev–Trinajstić information content (AvgIpc) is 3.22. The number of alkyl halides is 3. The number of amides is 2. The fourth-order valence-electron chi connectivity index (χ4n) is 5.26. The predicted molar refractivity (Wildman–Crippen MR) is 174 cm³/mol. The summed E-state index contributed by atoms with van der Waals surface area (Å²) in [4.78, 5) is 36.7. The highest BCUT2D eigenvalue weighted by Crippen LogP contribution is 2.41. The number of rotatable bonds is 6. The highest BCUT2D eigenvalue weighted by Gasteiger charge is 2.43. The van der Waals surface area contributed by atoms with E-state index in [0.29, 0.717) is 6.07 Å². The summed E-state index contributed by atoms with van der Waals surface area (Å²) in [5, 5.41) is 2.43. The van der Waals surface area contributed by atoms with Gasteiger partial charge in [-0.1, -0.05) is 32.9 Å². The lowest BCUT2D eigenvalue weighted by molar-refractivity contribution is -0.138. The standard InChI is InChI=1S/C33H42F5N5O4Si/c1-19-39-22-15-14-21(34)25(33(36,37)38)27(22)43(19)23-13-11-12-20(26(23)35)32(8)18-24(44)42(16-17-46-48(9,10)31(5,6)7)28(41-32)40-29(45)47-30(2,3)4/h11-15H,16-18H2,1-10H3,(H,40,41,45)/t32-/m0/s1. The van der Waals surface area contributed by atoms with E-state index in [1.165, 1.54) is 36.9 Å². The van der Waals surface area contributed by atoms with E-state index in [-0.39, 0.29) is 53.2 Å². The summed E-state index contributed by atoms with van der Waals surface area (Å²) in [5.74, 6) is -3.25. The second-order valence-electron chi connectivity index (χ2n) is 14.6. The minimum Gasteiger partial charge on any atom is -0.444 e. The maximum atomic E-state index is 16.6. The van der Waals surface area contributed by atoms with Gasteiger partial charge >= 0.3 is 12.3 Å². The zero-order chi connectivity index (χ0) is 36.2. The van der Waals surface area contributed by atoms with Crippen molar-refractivity contribution in [1.29, 1.82) is 0 Å². The molecule has 0 bridgehead atoms. The highest BCUT2D eigenvalue weighted by atomic mass is 28.4. The summed E-state index contributed by atoms with van der Waals surface area (Å²) in [5.41, 5.74) is -5.40. The summed E-state index contributed by atoms with van der Waals surface area (Å²) >= 11 is 0. The van der Waals surface area contributed by atoms with Gasteiger partial charge in [0.1, 0.15) is 22.8 Å². The number of carbonyl (C=O) groups excluding carboxylic acids is 2. The van der Waals surface area contributed by atoms with Crippen LogP contribution in [0, 0.1) is 18.6 Å². The first-order valence-corrected chi connectivity index (χ1v) is 18.4. The van der Waals surface area contributed by atoms with Gasteiger partial charge in [-0.15, -0.1) is 0 Å². The molecule has 9 nitrogen and oxygen atoms in total. The maximum absolute atomic E-state index is 16.6. The van der Waals surface area contributed by atoms with Gasteiger partial charge in [-0.3, -0.25) is 19.6 Å². The fourth-order valence-corrected chi connectivity index (χ4v) is 6.29. The second kappa shape index (κ2) is 12.6. The van der Waals surface area contributed by atoms with Crippen molar-refractivity contribution in [2.45, 2.75) is 97.3 Å². The molecule has 0 saturated heterocycles. The normalized spacial score (nSPS) is 17.9. The van der Waals surface area contributed by atoms with Crippen LogP contribution in [0.4, 0.5) is 26.7 Å². The number of fused-ring (bicyclic) bond motifs is 1. The van der Waals surface area contributed by atoms with Crippen molar-refractivity contribution in [3.05, 3.63) is 58.9 Å². The molecule has 2 amide bonds. The summed E-state index contributed by atoms with van der Waals surface area (Å²) < 4.78 is 86.0. The zero-order valence-electron chi connectivity index (χ0n) is 28.8. The fraction of sp³-hybridized carbons (Fsp3) is 0.515. The molecule has 0 fully saturated rings. The summed E-state index contributed by atoms with van der Waals surface area (Å²) in [6.07, 6.45) is -6.35. The van der Waals surface area contributed by atoms with Crippen LogP contribution in [-0.2, 0) is 25.7 Å². The Labute approximate surface area is 277 Å². The van der Waals surface area contributed by atoms with Crippen LogP contribution in [0.5, 0.6) is 0 Å². The van der Waals surface area contributed by atoms with Crippen LogP contribution in [0.15, 0.2) is 35.3 Å². The van der Waals surface area contributed by atoms with Gasteiger partial charge in [-0.25, -0.2) is 23.6 Å². The Balaban J connectivity index is 1.83.